The number of carbonyl (C=O) groups excluding carboxylic acids is 1. The number of amides is 1. The van der Waals surface area contributed by atoms with Gasteiger partial charge in [0.15, 0.2) is 0 Å². The second kappa shape index (κ2) is 10.3. The molecule has 0 heterocycles. The van der Waals surface area contributed by atoms with Gasteiger partial charge in [-0.25, -0.2) is 0 Å². The van der Waals surface area contributed by atoms with Gasteiger partial charge in [-0.15, -0.1) is 10.2 Å². The van der Waals surface area contributed by atoms with Crippen LogP contribution in [0.2, 0.25) is 0 Å². The van der Waals surface area contributed by atoms with E-state index in [1.165, 1.54) is 6.92 Å². The first kappa shape index (κ1) is 22.6. The summed E-state index contributed by atoms with van der Waals surface area (Å²) >= 11 is 0. The van der Waals surface area contributed by atoms with Crippen molar-refractivity contribution in [2.45, 2.75) is 13.5 Å². The maximum atomic E-state index is 11.7. The fourth-order valence-electron chi connectivity index (χ4n) is 2.93. The van der Waals surface area contributed by atoms with E-state index in [1.807, 2.05) is 30.3 Å². The first-order valence-electron chi connectivity index (χ1n) is 9.65. The molecule has 0 bridgehead atoms. The van der Waals surface area contributed by atoms with E-state index in [2.05, 4.69) is 20.9 Å². The van der Waals surface area contributed by atoms with Crippen LogP contribution < -0.4 is 10.6 Å². The van der Waals surface area contributed by atoms with Crippen LogP contribution in [0.15, 0.2) is 70.9 Å². The molecule has 3 aromatic carbocycles. The molecule has 0 aromatic heterocycles. The molecular formula is C23H17N7O3. The lowest BCUT2D eigenvalue weighted by Gasteiger charge is -2.11. The molecule has 3 rings (SSSR count). The Hall–Kier alpha value is -5.09. The van der Waals surface area contributed by atoms with Crippen molar-refractivity contribution >= 4 is 34.3 Å². The van der Waals surface area contributed by atoms with Crippen LogP contribution in [0.4, 0.5) is 28.4 Å². The molecule has 0 fully saturated rings. The Kier molecular flexibility index (Phi) is 7.04. The van der Waals surface area contributed by atoms with Gasteiger partial charge in [0.2, 0.25) is 5.91 Å². The minimum absolute atomic E-state index is 0.0920. The Morgan fingerprint density at radius 1 is 1.03 bits per heavy atom. The van der Waals surface area contributed by atoms with Crippen molar-refractivity contribution in [1.29, 1.82) is 10.5 Å². The van der Waals surface area contributed by atoms with Gasteiger partial charge in [-0.3, -0.25) is 14.9 Å². The van der Waals surface area contributed by atoms with Crippen LogP contribution in [-0.4, -0.2) is 10.8 Å². The molecule has 33 heavy (non-hydrogen) atoms. The number of nitriles is 2. The third kappa shape index (κ3) is 5.75. The standard InChI is InChI=1S/C23H17N7O3/c1-15(31)27-22-11-19(26-14-16-5-3-2-4-6-16)7-8-21(22)28-29-23-17(12-24)9-20(30(32)33)10-18(23)13-25/h2-11,26H,14H2,1H3,(H,27,31). The quantitative estimate of drug-likeness (QED) is 0.288. The van der Waals surface area contributed by atoms with Gasteiger partial charge in [-0.2, -0.15) is 10.5 Å². The number of hydrogen-bond acceptors (Lipinski definition) is 8. The minimum atomic E-state index is -0.696. The van der Waals surface area contributed by atoms with E-state index < -0.39 is 10.6 Å². The van der Waals surface area contributed by atoms with Crippen molar-refractivity contribution in [1.82, 2.24) is 0 Å². The highest BCUT2D eigenvalue weighted by atomic mass is 16.6. The summed E-state index contributed by atoms with van der Waals surface area (Å²) < 4.78 is 0. The molecule has 0 saturated heterocycles. The van der Waals surface area contributed by atoms with Gasteiger partial charge in [0.05, 0.1) is 21.7 Å². The Morgan fingerprint density at radius 3 is 2.27 bits per heavy atom. The Labute approximate surface area is 189 Å². The summed E-state index contributed by atoms with van der Waals surface area (Å²) in [5.74, 6) is -0.322. The maximum absolute atomic E-state index is 11.7. The molecule has 2 N–H and O–H groups in total. The van der Waals surface area contributed by atoms with E-state index in [1.54, 1.807) is 30.3 Å². The van der Waals surface area contributed by atoms with Crippen molar-refractivity contribution in [3.05, 3.63) is 87.5 Å². The summed E-state index contributed by atoms with van der Waals surface area (Å²) in [4.78, 5) is 22.0. The van der Waals surface area contributed by atoms with Crippen molar-refractivity contribution in [3.8, 4) is 12.1 Å². The lowest BCUT2D eigenvalue weighted by atomic mass is 10.1. The van der Waals surface area contributed by atoms with Gasteiger partial charge in [0.25, 0.3) is 5.69 Å². The molecule has 0 aliphatic carbocycles. The predicted octanol–water partition coefficient (Wildman–Crippen LogP) is 5.32. The van der Waals surface area contributed by atoms with Crippen molar-refractivity contribution < 1.29 is 9.72 Å². The number of benzene rings is 3. The normalized spacial score (nSPS) is 10.3. The van der Waals surface area contributed by atoms with Gasteiger partial charge >= 0.3 is 0 Å². The first-order chi connectivity index (χ1) is 15.9. The summed E-state index contributed by atoms with van der Waals surface area (Å²) in [5.41, 5.74) is 1.64. The minimum Gasteiger partial charge on any atom is -0.381 e. The second-order valence-corrected chi connectivity index (χ2v) is 6.82. The molecule has 3 aromatic rings. The largest absolute Gasteiger partial charge is 0.381 e. The average Bonchev–Trinajstić information content (AvgIpc) is 2.81. The highest BCUT2D eigenvalue weighted by Crippen LogP contribution is 2.34. The molecule has 162 valence electrons. The number of hydrogen-bond donors (Lipinski definition) is 2. The number of azo groups is 1. The van der Waals surface area contributed by atoms with Crippen LogP contribution in [0.1, 0.15) is 23.6 Å². The molecule has 0 spiro atoms. The SMILES string of the molecule is CC(=O)Nc1cc(NCc2ccccc2)ccc1N=Nc1c(C#N)cc([N+](=O)[O-])cc1C#N. The Balaban J connectivity index is 1.94. The fourth-order valence-corrected chi connectivity index (χ4v) is 2.93. The molecule has 10 nitrogen and oxygen atoms in total. The number of nitrogens with zero attached hydrogens (tertiary/aromatic N) is 5. The van der Waals surface area contributed by atoms with Crippen LogP contribution in [0, 0.1) is 32.8 Å². The molecule has 0 radical (unpaired) electrons. The summed E-state index contributed by atoms with van der Waals surface area (Å²) in [5, 5.41) is 43.8. The van der Waals surface area contributed by atoms with Crippen LogP contribution >= 0.6 is 0 Å². The predicted molar refractivity (Wildman–Crippen MR) is 121 cm³/mol. The summed E-state index contributed by atoms with van der Waals surface area (Å²) in [7, 11) is 0. The number of nitro groups is 1. The highest BCUT2D eigenvalue weighted by molar-refractivity contribution is 5.92. The molecule has 10 heteroatoms. The number of rotatable bonds is 7. The Bertz CT molecular complexity index is 1290. The van der Waals surface area contributed by atoms with Gasteiger partial charge < -0.3 is 10.6 Å². The molecule has 0 atom stereocenters. The van der Waals surface area contributed by atoms with Gasteiger partial charge in [-0.1, -0.05) is 30.3 Å². The lowest BCUT2D eigenvalue weighted by molar-refractivity contribution is -0.384. The van der Waals surface area contributed by atoms with E-state index >= 15 is 0 Å². The van der Waals surface area contributed by atoms with E-state index in [0.717, 1.165) is 23.4 Å². The van der Waals surface area contributed by atoms with Crippen molar-refractivity contribution in [3.63, 3.8) is 0 Å². The number of nitro benzene ring substituents is 1. The molecule has 0 aliphatic rings. The van der Waals surface area contributed by atoms with Crippen molar-refractivity contribution in [2.24, 2.45) is 10.2 Å². The zero-order chi connectivity index (χ0) is 23.8. The zero-order valence-electron chi connectivity index (χ0n) is 17.4. The molecule has 0 unspecified atom stereocenters. The smallest absolute Gasteiger partial charge is 0.272 e. The van der Waals surface area contributed by atoms with E-state index in [0.29, 0.717) is 12.2 Å². The third-order valence-electron chi connectivity index (χ3n) is 4.45. The fraction of sp³-hybridized carbons (Fsp3) is 0.0870. The van der Waals surface area contributed by atoms with E-state index in [9.17, 15) is 25.4 Å². The molecule has 0 saturated carbocycles. The van der Waals surface area contributed by atoms with E-state index in [4.69, 9.17) is 0 Å². The average molecular weight is 439 g/mol. The van der Waals surface area contributed by atoms with Crippen LogP contribution in [0.3, 0.4) is 0 Å². The second-order valence-electron chi connectivity index (χ2n) is 6.82. The van der Waals surface area contributed by atoms with Crippen molar-refractivity contribution in [2.75, 3.05) is 10.6 Å². The van der Waals surface area contributed by atoms with Gasteiger partial charge in [0, 0.05) is 31.3 Å². The number of non-ortho nitro benzene ring substituents is 1. The third-order valence-corrected chi connectivity index (χ3v) is 4.45. The first-order valence-corrected chi connectivity index (χ1v) is 9.65. The number of nitrogens with one attached hydrogen (secondary N) is 2. The molecule has 0 aliphatic heterocycles. The zero-order valence-corrected chi connectivity index (χ0v) is 17.4. The topological polar surface area (TPSA) is 157 Å². The van der Waals surface area contributed by atoms with Crippen LogP contribution in [-0.2, 0) is 11.3 Å². The van der Waals surface area contributed by atoms with Gasteiger partial charge in [0.1, 0.15) is 23.5 Å². The summed E-state index contributed by atoms with van der Waals surface area (Å²) in [6, 6.07) is 20.5. The number of anilines is 2. The maximum Gasteiger partial charge on any atom is 0.272 e. The molecule has 1 amide bonds. The summed E-state index contributed by atoms with van der Waals surface area (Å²) in [6.07, 6.45) is 0. The lowest BCUT2D eigenvalue weighted by Crippen LogP contribution is -2.07. The monoisotopic (exact) mass is 439 g/mol. The van der Waals surface area contributed by atoms with E-state index in [-0.39, 0.29) is 28.4 Å². The summed E-state index contributed by atoms with van der Waals surface area (Å²) in [6.45, 7) is 1.92. The van der Waals surface area contributed by atoms with Gasteiger partial charge in [-0.05, 0) is 23.8 Å². The Morgan fingerprint density at radius 2 is 1.70 bits per heavy atom. The van der Waals surface area contributed by atoms with Crippen LogP contribution in [0.5, 0.6) is 0 Å². The number of carbonyl (C=O) groups is 1. The molecular weight excluding hydrogens is 422 g/mol. The van der Waals surface area contributed by atoms with Crippen LogP contribution in [0.25, 0.3) is 0 Å². The highest BCUT2D eigenvalue weighted by Gasteiger charge is 2.17.